The summed E-state index contributed by atoms with van der Waals surface area (Å²) in [5, 5.41) is 21.5. The maximum atomic E-state index is 14.0. The number of rotatable bonds is 15. The number of nitrogens with one attached hydrogen (secondary N) is 1. The highest BCUT2D eigenvalue weighted by molar-refractivity contribution is 7.86. The summed E-state index contributed by atoms with van der Waals surface area (Å²) in [5.41, 5.74) is 0.284. The molecule has 4 rings (SSSR count). The van der Waals surface area contributed by atoms with E-state index in [4.69, 9.17) is 9.84 Å². The quantitative estimate of drug-likeness (QED) is 0.137. The van der Waals surface area contributed by atoms with Crippen LogP contribution in [0.5, 0.6) is 5.75 Å². The van der Waals surface area contributed by atoms with Gasteiger partial charge in [0.2, 0.25) is 5.91 Å². The number of ether oxygens (including phenoxy) is 1. The van der Waals surface area contributed by atoms with Gasteiger partial charge in [0.15, 0.2) is 5.82 Å². The van der Waals surface area contributed by atoms with Crippen molar-refractivity contribution in [2.75, 3.05) is 11.9 Å². The highest BCUT2D eigenvalue weighted by Crippen LogP contribution is 2.29. The molecule has 2 amide bonds. The first-order chi connectivity index (χ1) is 21.9. The van der Waals surface area contributed by atoms with Gasteiger partial charge >= 0.3 is 11.9 Å². The fourth-order valence-corrected chi connectivity index (χ4v) is 6.09. The minimum absolute atomic E-state index is 0.00282. The molecule has 0 aliphatic carbocycles. The molecule has 246 valence electrons. The molecule has 1 aliphatic rings. The third-order valence-electron chi connectivity index (χ3n) is 7.64. The summed E-state index contributed by atoms with van der Waals surface area (Å²) in [4.78, 5) is 55.0. The molecule has 2 unspecified atom stereocenters. The Bertz CT molecular complexity index is 1670. The third kappa shape index (κ3) is 8.69. The Morgan fingerprint density at radius 2 is 1.76 bits per heavy atom. The van der Waals surface area contributed by atoms with Crippen molar-refractivity contribution in [3.63, 3.8) is 0 Å². The Hall–Kier alpha value is -4.76. The van der Waals surface area contributed by atoms with Crippen LogP contribution in [0.1, 0.15) is 67.4 Å². The fourth-order valence-electron chi connectivity index (χ4n) is 5.40. The summed E-state index contributed by atoms with van der Waals surface area (Å²) < 4.78 is 40.5. The minimum atomic E-state index is -4.67. The molecule has 1 aromatic heterocycles. The Morgan fingerprint density at radius 1 is 1.04 bits per heavy atom. The molecule has 4 N–H and O–H groups in total. The number of hydrogen-bond acceptors (Lipinski definition) is 8. The standard InChI is InChI=1S/C31H36N4O10S/c1-2-3-4-5-9-24(34-18-27(32-19-34)33-29(38)23-8-6-7-10-26(23)46(42,43)44)30(39)35-17-22(16-25(35)31(40)41)45-21-13-11-20(12-14-21)15-28(36)37/h6-8,10-14,18-19,22,24-25H,2-5,9,15-17H2,1H3,(H,33,38)(H,36,37)(H,40,41)(H,42,43,44)/t22?,24?,25-/m0/s1. The number of imidazole rings is 1. The van der Waals surface area contributed by atoms with E-state index in [1.165, 1.54) is 40.2 Å². The van der Waals surface area contributed by atoms with Crippen LogP contribution in [0.2, 0.25) is 0 Å². The van der Waals surface area contributed by atoms with E-state index in [1.807, 2.05) is 0 Å². The van der Waals surface area contributed by atoms with Crippen molar-refractivity contribution in [2.45, 2.75) is 75.0 Å². The molecule has 2 heterocycles. The van der Waals surface area contributed by atoms with E-state index >= 15 is 0 Å². The molecule has 3 atom stereocenters. The number of carbonyl (C=O) groups is 4. The normalized spacial score (nSPS) is 17.0. The second-order valence-electron chi connectivity index (χ2n) is 11.0. The van der Waals surface area contributed by atoms with E-state index < -0.39 is 57.0 Å². The molecule has 0 bridgehead atoms. The molecule has 0 spiro atoms. The molecule has 3 aromatic rings. The number of carboxylic acid groups (broad SMARTS) is 2. The van der Waals surface area contributed by atoms with Gasteiger partial charge in [-0.2, -0.15) is 8.42 Å². The van der Waals surface area contributed by atoms with Gasteiger partial charge < -0.3 is 29.7 Å². The SMILES string of the molecule is CCCCCCC(C(=O)N1CC(Oc2ccc(CC(=O)O)cc2)C[C@H]1C(=O)O)n1cnc(NC(=O)c2ccccc2S(=O)(=O)O)c1. The summed E-state index contributed by atoms with van der Waals surface area (Å²) in [6.07, 6.45) is 5.81. The van der Waals surface area contributed by atoms with Gasteiger partial charge in [0.1, 0.15) is 28.8 Å². The minimum Gasteiger partial charge on any atom is -0.488 e. The van der Waals surface area contributed by atoms with Crippen LogP contribution in [-0.2, 0) is 30.9 Å². The predicted octanol–water partition coefficient (Wildman–Crippen LogP) is 3.65. The Morgan fingerprint density at radius 3 is 2.41 bits per heavy atom. The van der Waals surface area contributed by atoms with Crippen LogP contribution in [-0.4, -0.2) is 80.1 Å². The Balaban J connectivity index is 1.53. The third-order valence-corrected chi connectivity index (χ3v) is 8.55. The zero-order valence-corrected chi connectivity index (χ0v) is 25.9. The first-order valence-electron chi connectivity index (χ1n) is 14.8. The van der Waals surface area contributed by atoms with Crippen LogP contribution < -0.4 is 10.1 Å². The molecule has 14 nitrogen and oxygen atoms in total. The van der Waals surface area contributed by atoms with E-state index in [2.05, 4.69) is 17.2 Å². The molecule has 2 aromatic carbocycles. The molecule has 1 saturated heterocycles. The van der Waals surface area contributed by atoms with Gasteiger partial charge in [0.05, 0.1) is 24.9 Å². The average molecular weight is 657 g/mol. The number of aromatic nitrogens is 2. The Kier molecular flexibility index (Phi) is 11.1. The zero-order valence-electron chi connectivity index (χ0n) is 25.1. The number of amides is 2. The highest BCUT2D eigenvalue weighted by atomic mass is 32.2. The van der Waals surface area contributed by atoms with Crippen LogP contribution in [0, 0.1) is 0 Å². The second-order valence-corrected chi connectivity index (χ2v) is 12.4. The first kappa shape index (κ1) is 34.1. The smallest absolute Gasteiger partial charge is 0.326 e. The van der Waals surface area contributed by atoms with Crippen LogP contribution in [0.4, 0.5) is 5.82 Å². The van der Waals surface area contributed by atoms with Crippen molar-refractivity contribution in [1.29, 1.82) is 0 Å². The average Bonchev–Trinajstić information content (AvgIpc) is 3.64. The van der Waals surface area contributed by atoms with E-state index in [0.29, 0.717) is 24.2 Å². The van der Waals surface area contributed by atoms with Gasteiger partial charge in [-0.05, 0) is 36.2 Å². The summed E-state index contributed by atoms with van der Waals surface area (Å²) >= 11 is 0. The molecular weight excluding hydrogens is 620 g/mol. The van der Waals surface area contributed by atoms with Crippen molar-refractivity contribution in [1.82, 2.24) is 14.5 Å². The lowest BCUT2D eigenvalue weighted by Crippen LogP contribution is -2.44. The number of anilines is 1. The van der Waals surface area contributed by atoms with Gasteiger partial charge in [-0.1, -0.05) is 56.9 Å². The number of unbranched alkanes of at least 4 members (excludes halogenated alkanes) is 3. The summed E-state index contributed by atoms with van der Waals surface area (Å²) in [6.45, 7) is 2.05. The first-order valence-corrected chi connectivity index (χ1v) is 16.2. The number of carboxylic acids is 2. The van der Waals surface area contributed by atoms with Crippen molar-refractivity contribution in [3.8, 4) is 5.75 Å². The number of aliphatic carboxylic acids is 2. The number of nitrogens with zero attached hydrogens (tertiary/aromatic N) is 3. The molecule has 1 fully saturated rings. The summed E-state index contributed by atoms with van der Waals surface area (Å²) in [6, 6.07) is 9.55. The molecule has 46 heavy (non-hydrogen) atoms. The van der Waals surface area contributed by atoms with Gasteiger partial charge in [-0.15, -0.1) is 0 Å². The second kappa shape index (κ2) is 15.0. The zero-order chi connectivity index (χ0) is 33.4. The van der Waals surface area contributed by atoms with Crippen molar-refractivity contribution in [3.05, 3.63) is 72.2 Å². The number of likely N-dealkylation sites (tertiary alicyclic amines) is 1. The summed E-state index contributed by atoms with van der Waals surface area (Å²) in [7, 11) is -4.67. The summed E-state index contributed by atoms with van der Waals surface area (Å²) in [5.74, 6) is -3.02. The largest absolute Gasteiger partial charge is 0.488 e. The fraction of sp³-hybridized carbons (Fsp3) is 0.387. The van der Waals surface area contributed by atoms with Crippen molar-refractivity contribution in [2.24, 2.45) is 0 Å². The highest BCUT2D eigenvalue weighted by Gasteiger charge is 2.43. The monoisotopic (exact) mass is 656 g/mol. The lowest BCUT2D eigenvalue weighted by molar-refractivity contribution is -0.149. The Labute approximate surface area is 265 Å². The van der Waals surface area contributed by atoms with Crippen LogP contribution >= 0.6 is 0 Å². The molecule has 0 radical (unpaired) electrons. The van der Waals surface area contributed by atoms with Crippen LogP contribution in [0.25, 0.3) is 0 Å². The molecular formula is C31H36N4O10S. The molecule has 0 saturated carbocycles. The number of hydrogen-bond donors (Lipinski definition) is 4. The number of benzene rings is 2. The maximum Gasteiger partial charge on any atom is 0.326 e. The maximum absolute atomic E-state index is 14.0. The lowest BCUT2D eigenvalue weighted by atomic mass is 10.1. The van der Waals surface area contributed by atoms with Crippen LogP contribution in [0.15, 0.2) is 66.0 Å². The van der Waals surface area contributed by atoms with E-state index in [9.17, 15) is 37.3 Å². The molecule has 15 heteroatoms. The van der Waals surface area contributed by atoms with Gasteiger partial charge in [-0.25, -0.2) is 9.78 Å². The topological polar surface area (TPSA) is 205 Å². The molecule has 1 aliphatic heterocycles. The van der Waals surface area contributed by atoms with E-state index in [-0.39, 0.29) is 30.8 Å². The van der Waals surface area contributed by atoms with Crippen molar-refractivity contribution < 1.29 is 47.1 Å². The van der Waals surface area contributed by atoms with E-state index in [0.717, 1.165) is 25.3 Å². The predicted molar refractivity (Wildman–Crippen MR) is 164 cm³/mol. The van der Waals surface area contributed by atoms with Gasteiger partial charge in [0, 0.05) is 12.6 Å². The van der Waals surface area contributed by atoms with Crippen LogP contribution in [0.3, 0.4) is 0 Å². The van der Waals surface area contributed by atoms with Crippen molar-refractivity contribution >= 4 is 39.7 Å². The van der Waals surface area contributed by atoms with Gasteiger partial charge in [-0.3, -0.25) is 18.9 Å². The number of carbonyl (C=O) groups excluding carboxylic acids is 2. The van der Waals surface area contributed by atoms with E-state index in [1.54, 1.807) is 24.3 Å². The lowest BCUT2D eigenvalue weighted by Gasteiger charge is -2.27. The van der Waals surface area contributed by atoms with Gasteiger partial charge in [0.25, 0.3) is 16.0 Å².